The van der Waals surface area contributed by atoms with Crippen molar-refractivity contribution in [1.82, 2.24) is 29.5 Å². The van der Waals surface area contributed by atoms with Crippen LogP contribution in [0.2, 0.25) is 0 Å². The first kappa shape index (κ1) is 18.7. The number of rotatable bonds is 6. The summed E-state index contributed by atoms with van der Waals surface area (Å²) in [5.74, 6) is 1.39. The van der Waals surface area contributed by atoms with Crippen molar-refractivity contribution in [3.05, 3.63) is 36.2 Å². The summed E-state index contributed by atoms with van der Waals surface area (Å²) in [6, 6.07) is 0. The van der Waals surface area contributed by atoms with Crippen LogP contribution in [0.4, 0.5) is 0 Å². The Labute approximate surface area is 161 Å². The summed E-state index contributed by atoms with van der Waals surface area (Å²) in [4.78, 5) is 12.5. The van der Waals surface area contributed by atoms with E-state index in [9.17, 15) is 5.11 Å². The van der Waals surface area contributed by atoms with Gasteiger partial charge in [0.25, 0.3) is 0 Å². The Morgan fingerprint density at radius 1 is 1.19 bits per heavy atom. The van der Waals surface area contributed by atoms with Crippen LogP contribution < -0.4 is 0 Å². The zero-order valence-electron chi connectivity index (χ0n) is 16.3. The first-order valence-electron chi connectivity index (χ1n) is 10.3. The summed E-state index contributed by atoms with van der Waals surface area (Å²) in [7, 11) is 0. The van der Waals surface area contributed by atoms with Crippen LogP contribution in [0.5, 0.6) is 0 Å². The molecule has 7 heteroatoms. The normalized spacial score (nSPS) is 23.9. The molecule has 2 fully saturated rings. The number of hydrogen-bond donors (Lipinski definition) is 2. The van der Waals surface area contributed by atoms with E-state index < -0.39 is 0 Å². The zero-order valence-corrected chi connectivity index (χ0v) is 16.3. The largest absolute Gasteiger partial charge is 0.396 e. The number of aromatic amines is 1. The minimum Gasteiger partial charge on any atom is -0.396 e. The lowest BCUT2D eigenvalue weighted by Gasteiger charge is -2.51. The highest BCUT2D eigenvalue weighted by atomic mass is 16.3. The van der Waals surface area contributed by atoms with Gasteiger partial charge in [-0.3, -0.25) is 14.5 Å². The topological polar surface area (TPSA) is 73.2 Å². The molecule has 4 rings (SSSR count). The molecule has 27 heavy (non-hydrogen) atoms. The van der Waals surface area contributed by atoms with E-state index >= 15 is 0 Å². The third kappa shape index (κ3) is 4.10. The molecule has 4 heterocycles. The molecule has 2 saturated heterocycles. The fourth-order valence-corrected chi connectivity index (χ4v) is 4.91. The van der Waals surface area contributed by atoms with Crippen LogP contribution in [0, 0.1) is 11.3 Å². The number of aromatic nitrogens is 4. The Morgan fingerprint density at radius 3 is 2.59 bits per heavy atom. The average Bonchev–Trinajstić information content (AvgIpc) is 3.37. The number of nitrogens with one attached hydrogen (secondary N) is 1. The first-order chi connectivity index (χ1) is 13.2. The quantitative estimate of drug-likeness (QED) is 0.808. The van der Waals surface area contributed by atoms with Crippen molar-refractivity contribution in [2.45, 2.75) is 45.8 Å². The molecule has 0 radical (unpaired) electrons. The maximum Gasteiger partial charge on any atom is 0.120 e. The molecule has 1 atom stereocenters. The minimum absolute atomic E-state index is 0.290. The minimum atomic E-state index is 0.290. The van der Waals surface area contributed by atoms with E-state index in [1.54, 1.807) is 0 Å². The van der Waals surface area contributed by atoms with Crippen molar-refractivity contribution in [2.75, 3.05) is 32.8 Å². The third-order valence-corrected chi connectivity index (χ3v) is 6.69. The molecule has 2 aliphatic rings. The Balaban J connectivity index is 1.32. The van der Waals surface area contributed by atoms with Crippen molar-refractivity contribution in [3.8, 4) is 0 Å². The molecule has 2 aromatic rings. The van der Waals surface area contributed by atoms with Gasteiger partial charge in [0.15, 0.2) is 0 Å². The molecule has 148 valence electrons. The monoisotopic (exact) mass is 372 g/mol. The SMILES string of the molecule is CCn1cc(CN2CCC3(CC2)CCN(Cc2ncc[nH]2)C[C@H]3CO)cn1. The van der Waals surface area contributed by atoms with Crippen molar-refractivity contribution in [1.29, 1.82) is 0 Å². The number of aliphatic hydroxyl groups excluding tert-OH is 1. The lowest BCUT2D eigenvalue weighted by molar-refractivity contribution is -0.0454. The van der Waals surface area contributed by atoms with Crippen LogP contribution in [-0.2, 0) is 19.6 Å². The molecule has 7 nitrogen and oxygen atoms in total. The summed E-state index contributed by atoms with van der Waals surface area (Å²) in [5.41, 5.74) is 1.61. The second-order valence-corrected chi connectivity index (χ2v) is 8.24. The van der Waals surface area contributed by atoms with E-state index in [4.69, 9.17) is 0 Å². The number of H-pyrrole nitrogens is 1. The van der Waals surface area contributed by atoms with Gasteiger partial charge in [0, 0.05) is 56.3 Å². The molecule has 0 aromatic carbocycles. The van der Waals surface area contributed by atoms with E-state index in [0.717, 1.165) is 51.6 Å². The van der Waals surface area contributed by atoms with E-state index in [-0.39, 0.29) is 6.61 Å². The number of nitrogens with zero attached hydrogens (tertiary/aromatic N) is 5. The molecule has 0 aliphatic carbocycles. The van der Waals surface area contributed by atoms with Crippen molar-refractivity contribution in [3.63, 3.8) is 0 Å². The lowest BCUT2D eigenvalue weighted by atomic mass is 9.64. The first-order valence-corrected chi connectivity index (χ1v) is 10.3. The number of piperidine rings is 2. The maximum absolute atomic E-state index is 10.1. The molecule has 0 unspecified atom stereocenters. The van der Waals surface area contributed by atoms with E-state index in [1.807, 2.05) is 23.3 Å². The van der Waals surface area contributed by atoms with Crippen molar-refractivity contribution < 1.29 is 5.11 Å². The number of imidazole rings is 1. The average molecular weight is 373 g/mol. The predicted molar refractivity (Wildman–Crippen MR) is 104 cm³/mol. The van der Waals surface area contributed by atoms with Crippen molar-refractivity contribution in [2.24, 2.45) is 11.3 Å². The molecular formula is C20H32N6O. The van der Waals surface area contributed by atoms with Gasteiger partial charge < -0.3 is 10.1 Å². The maximum atomic E-state index is 10.1. The van der Waals surface area contributed by atoms with Crippen LogP contribution in [0.15, 0.2) is 24.8 Å². The summed E-state index contributed by atoms with van der Waals surface area (Å²) >= 11 is 0. The van der Waals surface area contributed by atoms with Gasteiger partial charge in [0.05, 0.1) is 12.7 Å². The van der Waals surface area contributed by atoms with Crippen LogP contribution >= 0.6 is 0 Å². The second kappa shape index (κ2) is 8.12. The number of aryl methyl sites for hydroxylation is 1. The van der Waals surface area contributed by atoms with Crippen LogP contribution in [0.25, 0.3) is 0 Å². The summed E-state index contributed by atoms with van der Waals surface area (Å²) < 4.78 is 2.00. The van der Waals surface area contributed by atoms with Gasteiger partial charge in [-0.05, 0) is 51.2 Å². The Kier molecular flexibility index (Phi) is 5.61. The van der Waals surface area contributed by atoms with Crippen LogP contribution in [0.3, 0.4) is 0 Å². The molecule has 2 aliphatic heterocycles. The highest BCUT2D eigenvalue weighted by Crippen LogP contribution is 2.45. The lowest BCUT2D eigenvalue weighted by Crippen LogP contribution is -2.53. The predicted octanol–water partition coefficient (Wildman–Crippen LogP) is 1.72. The van der Waals surface area contributed by atoms with Gasteiger partial charge >= 0.3 is 0 Å². The van der Waals surface area contributed by atoms with E-state index in [0.29, 0.717) is 11.3 Å². The number of hydrogen-bond acceptors (Lipinski definition) is 5. The standard InChI is InChI=1S/C20H32N6O/c1-2-26-13-17(11-23-26)12-24-8-3-20(4-9-24)5-10-25(14-18(20)16-27)15-19-21-6-7-22-19/h6-7,11,13,18,27H,2-5,8-10,12,14-16H2,1H3,(H,21,22)/t18-/m0/s1. The van der Waals surface area contributed by atoms with Gasteiger partial charge in [0.1, 0.15) is 5.82 Å². The smallest absolute Gasteiger partial charge is 0.120 e. The molecular weight excluding hydrogens is 340 g/mol. The van der Waals surface area contributed by atoms with E-state index in [1.165, 1.54) is 24.8 Å². The highest BCUT2D eigenvalue weighted by Gasteiger charge is 2.44. The van der Waals surface area contributed by atoms with Crippen LogP contribution in [0.1, 0.15) is 37.6 Å². The molecule has 1 spiro atoms. The van der Waals surface area contributed by atoms with Gasteiger partial charge in [-0.25, -0.2) is 4.98 Å². The highest BCUT2D eigenvalue weighted by molar-refractivity contribution is 5.05. The third-order valence-electron chi connectivity index (χ3n) is 6.69. The second-order valence-electron chi connectivity index (χ2n) is 8.24. The van der Waals surface area contributed by atoms with Crippen molar-refractivity contribution >= 4 is 0 Å². The number of likely N-dealkylation sites (tertiary alicyclic amines) is 2. The van der Waals surface area contributed by atoms with Gasteiger partial charge in [-0.2, -0.15) is 5.10 Å². The van der Waals surface area contributed by atoms with Gasteiger partial charge in [-0.1, -0.05) is 0 Å². The Bertz CT molecular complexity index is 704. The Morgan fingerprint density at radius 2 is 1.96 bits per heavy atom. The molecule has 0 bridgehead atoms. The summed E-state index contributed by atoms with van der Waals surface area (Å²) in [6.07, 6.45) is 11.4. The van der Waals surface area contributed by atoms with Gasteiger partial charge in [-0.15, -0.1) is 0 Å². The summed E-state index contributed by atoms with van der Waals surface area (Å²) in [5, 5.41) is 14.5. The van der Waals surface area contributed by atoms with E-state index in [2.05, 4.69) is 38.0 Å². The Hall–Kier alpha value is -1.70. The molecule has 2 aromatic heterocycles. The zero-order chi connectivity index (χ0) is 18.7. The molecule has 2 N–H and O–H groups in total. The number of aliphatic hydroxyl groups is 1. The van der Waals surface area contributed by atoms with Gasteiger partial charge in [0.2, 0.25) is 0 Å². The molecule has 0 saturated carbocycles. The molecule has 0 amide bonds. The fraction of sp³-hybridized carbons (Fsp3) is 0.700. The summed E-state index contributed by atoms with van der Waals surface area (Å²) in [6.45, 7) is 9.49. The fourth-order valence-electron chi connectivity index (χ4n) is 4.91. The van der Waals surface area contributed by atoms with Crippen LogP contribution in [-0.4, -0.2) is 67.4 Å².